The Bertz CT molecular complexity index is 872. The molecule has 3 rings (SSSR count). The molecule has 0 aromatic heterocycles. The van der Waals surface area contributed by atoms with E-state index in [9.17, 15) is 9.59 Å². The van der Waals surface area contributed by atoms with E-state index < -0.39 is 6.04 Å². The highest BCUT2D eigenvalue weighted by atomic mass is 35.5. The summed E-state index contributed by atoms with van der Waals surface area (Å²) in [5, 5.41) is 3.70. The number of carbonyl (C=O) groups excluding carboxylic acids is 2. The first-order valence-electron chi connectivity index (χ1n) is 7.75. The average Bonchev–Trinajstić information content (AvgIpc) is 2.91. The van der Waals surface area contributed by atoms with Crippen LogP contribution in [-0.2, 0) is 9.59 Å². The Balaban J connectivity index is 1.84. The van der Waals surface area contributed by atoms with Crippen LogP contribution in [0.2, 0.25) is 10.0 Å². The minimum Gasteiger partial charge on any atom is -0.497 e. The highest BCUT2D eigenvalue weighted by Gasteiger charge is 2.40. The first-order chi connectivity index (χ1) is 12.4. The molecule has 136 valence electrons. The SMILES string of the molecule is COc1ccc(N[C@@H]2CC(=O)N(c3ccc(Cl)c(Cl)c3)C2=O)c(OC)c1. The molecule has 0 bridgehead atoms. The Morgan fingerprint density at radius 3 is 2.46 bits per heavy atom. The predicted octanol–water partition coefficient (Wildman–Crippen LogP) is 3.75. The second-order valence-electron chi connectivity index (χ2n) is 5.63. The van der Waals surface area contributed by atoms with Crippen LogP contribution < -0.4 is 19.7 Å². The van der Waals surface area contributed by atoms with E-state index in [1.54, 1.807) is 37.4 Å². The highest BCUT2D eigenvalue weighted by molar-refractivity contribution is 6.42. The van der Waals surface area contributed by atoms with Crippen molar-refractivity contribution >= 4 is 46.4 Å². The first-order valence-corrected chi connectivity index (χ1v) is 8.50. The van der Waals surface area contributed by atoms with E-state index in [2.05, 4.69) is 5.32 Å². The van der Waals surface area contributed by atoms with E-state index in [1.807, 2.05) is 0 Å². The number of rotatable bonds is 5. The number of ether oxygens (including phenoxy) is 2. The molecular weight excluding hydrogens is 379 g/mol. The zero-order valence-corrected chi connectivity index (χ0v) is 15.6. The fourth-order valence-corrected chi connectivity index (χ4v) is 3.04. The summed E-state index contributed by atoms with van der Waals surface area (Å²) in [6.07, 6.45) is 0.0221. The third kappa shape index (κ3) is 3.43. The van der Waals surface area contributed by atoms with Crippen LogP contribution in [0.3, 0.4) is 0 Å². The fourth-order valence-electron chi connectivity index (χ4n) is 2.75. The molecule has 6 nitrogen and oxygen atoms in total. The molecule has 0 aliphatic carbocycles. The lowest BCUT2D eigenvalue weighted by atomic mass is 10.2. The van der Waals surface area contributed by atoms with Gasteiger partial charge in [0, 0.05) is 6.07 Å². The largest absolute Gasteiger partial charge is 0.497 e. The van der Waals surface area contributed by atoms with Gasteiger partial charge in [0.2, 0.25) is 5.91 Å². The number of halogens is 2. The molecule has 1 aliphatic rings. The maximum absolute atomic E-state index is 12.7. The van der Waals surface area contributed by atoms with Crippen molar-refractivity contribution in [2.75, 3.05) is 24.4 Å². The molecule has 2 aromatic rings. The standard InChI is InChI=1S/C18H16Cl2N2O4/c1-25-11-4-6-14(16(8-11)26-2)21-15-9-17(23)22(18(15)24)10-3-5-12(19)13(20)7-10/h3-8,15,21H,9H2,1-2H3/t15-/m1/s1. The van der Waals surface area contributed by atoms with Gasteiger partial charge in [-0.15, -0.1) is 0 Å². The third-order valence-electron chi connectivity index (χ3n) is 4.05. The topological polar surface area (TPSA) is 67.9 Å². The van der Waals surface area contributed by atoms with Crippen molar-refractivity contribution in [3.8, 4) is 11.5 Å². The maximum Gasteiger partial charge on any atom is 0.256 e. The second kappa shape index (κ2) is 7.43. The summed E-state index contributed by atoms with van der Waals surface area (Å²) in [5.74, 6) is 0.445. The molecule has 0 unspecified atom stereocenters. The van der Waals surface area contributed by atoms with Crippen LogP contribution in [0.25, 0.3) is 0 Å². The fraction of sp³-hybridized carbons (Fsp3) is 0.222. The van der Waals surface area contributed by atoms with E-state index in [1.165, 1.54) is 13.2 Å². The average molecular weight is 395 g/mol. The summed E-state index contributed by atoms with van der Waals surface area (Å²) in [7, 11) is 3.07. The molecule has 1 N–H and O–H groups in total. The number of anilines is 2. The number of nitrogens with one attached hydrogen (secondary N) is 1. The van der Waals surface area contributed by atoms with Crippen LogP contribution in [0.4, 0.5) is 11.4 Å². The van der Waals surface area contributed by atoms with E-state index in [-0.39, 0.29) is 23.3 Å². The molecule has 1 fully saturated rings. The predicted molar refractivity (Wildman–Crippen MR) is 101 cm³/mol. The van der Waals surface area contributed by atoms with E-state index in [4.69, 9.17) is 32.7 Å². The molecule has 1 aliphatic heterocycles. The smallest absolute Gasteiger partial charge is 0.256 e. The molecule has 8 heteroatoms. The number of benzene rings is 2. The van der Waals surface area contributed by atoms with Crippen LogP contribution in [0.15, 0.2) is 36.4 Å². The molecule has 26 heavy (non-hydrogen) atoms. The summed E-state index contributed by atoms with van der Waals surface area (Å²) in [4.78, 5) is 26.2. The Kier molecular flexibility index (Phi) is 5.25. The molecule has 0 radical (unpaired) electrons. The zero-order chi connectivity index (χ0) is 18.8. The van der Waals surface area contributed by atoms with Crippen LogP contribution >= 0.6 is 23.2 Å². The van der Waals surface area contributed by atoms with Crippen molar-refractivity contribution in [1.82, 2.24) is 0 Å². The number of carbonyl (C=O) groups is 2. The van der Waals surface area contributed by atoms with Gasteiger partial charge < -0.3 is 14.8 Å². The number of hydrogen-bond acceptors (Lipinski definition) is 5. The summed E-state index contributed by atoms with van der Waals surface area (Å²) < 4.78 is 10.5. The quantitative estimate of drug-likeness (QED) is 0.781. The van der Waals surface area contributed by atoms with Gasteiger partial charge in [0.15, 0.2) is 0 Å². The van der Waals surface area contributed by atoms with Gasteiger partial charge in [-0.1, -0.05) is 23.2 Å². The summed E-state index contributed by atoms with van der Waals surface area (Å²) in [6, 6.07) is 9.09. The Labute approximate surface area is 160 Å². The van der Waals surface area contributed by atoms with Crippen molar-refractivity contribution in [3.05, 3.63) is 46.4 Å². The van der Waals surface area contributed by atoms with Gasteiger partial charge in [-0.05, 0) is 30.3 Å². The van der Waals surface area contributed by atoms with Gasteiger partial charge in [0.05, 0.1) is 42.1 Å². The molecule has 0 spiro atoms. The Hall–Kier alpha value is -2.44. The van der Waals surface area contributed by atoms with Gasteiger partial charge in [0.1, 0.15) is 17.5 Å². The van der Waals surface area contributed by atoms with E-state index >= 15 is 0 Å². The lowest BCUT2D eigenvalue weighted by Crippen LogP contribution is -2.34. The Morgan fingerprint density at radius 1 is 1.04 bits per heavy atom. The van der Waals surface area contributed by atoms with Crippen LogP contribution in [0.5, 0.6) is 11.5 Å². The number of imide groups is 1. The summed E-state index contributed by atoms with van der Waals surface area (Å²) in [6.45, 7) is 0. The number of methoxy groups -OCH3 is 2. The van der Waals surface area contributed by atoms with Crippen molar-refractivity contribution in [3.63, 3.8) is 0 Å². The van der Waals surface area contributed by atoms with Gasteiger partial charge in [-0.25, -0.2) is 4.90 Å². The molecule has 1 heterocycles. The number of amides is 2. The van der Waals surface area contributed by atoms with Crippen molar-refractivity contribution in [2.45, 2.75) is 12.5 Å². The molecule has 0 saturated carbocycles. The molecular formula is C18H16Cl2N2O4. The van der Waals surface area contributed by atoms with Gasteiger partial charge >= 0.3 is 0 Å². The molecule has 2 amide bonds. The Morgan fingerprint density at radius 2 is 1.81 bits per heavy atom. The zero-order valence-electron chi connectivity index (χ0n) is 14.1. The molecule has 2 aromatic carbocycles. The lowest BCUT2D eigenvalue weighted by Gasteiger charge is -2.18. The van der Waals surface area contributed by atoms with Gasteiger partial charge in [-0.3, -0.25) is 9.59 Å². The normalized spacial score (nSPS) is 16.8. The minimum atomic E-state index is -0.709. The van der Waals surface area contributed by atoms with Crippen LogP contribution in [0, 0.1) is 0 Å². The second-order valence-corrected chi connectivity index (χ2v) is 6.45. The van der Waals surface area contributed by atoms with Gasteiger partial charge in [0.25, 0.3) is 5.91 Å². The van der Waals surface area contributed by atoms with E-state index in [0.29, 0.717) is 27.9 Å². The van der Waals surface area contributed by atoms with Crippen LogP contribution in [0.1, 0.15) is 6.42 Å². The van der Waals surface area contributed by atoms with E-state index in [0.717, 1.165) is 4.90 Å². The number of nitrogens with zero attached hydrogens (tertiary/aromatic N) is 1. The van der Waals surface area contributed by atoms with Crippen LogP contribution in [-0.4, -0.2) is 32.1 Å². The lowest BCUT2D eigenvalue weighted by molar-refractivity contribution is -0.121. The third-order valence-corrected chi connectivity index (χ3v) is 4.79. The minimum absolute atomic E-state index is 0.0221. The van der Waals surface area contributed by atoms with Gasteiger partial charge in [-0.2, -0.15) is 0 Å². The summed E-state index contributed by atoms with van der Waals surface area (Å²) in [5.41, 5.74) is 0.982. The summed E-state index contributed by atoms with van der Waals surface area (Å²) >= 11 is 11.9. The van der Waals surface area contributed by atoms with Crippen molar-refractivity contribution < 1.29 is 19.1 Å². The highest BCUT2D eigenvalue weighted by Crippen LogP contribution is 2.33. The molecule has 1 saturated heterocycles. The maximum atomic E-state index is 12.7. The van der Waals surface area contributed by atoms with Crippen molar-refractivity contribution in [2.24, 2.45) is 0 Å². The number of hydrogen-bond donors (Lipinski definition) is 1. The monoisotopic (exact) mass is 394 g/mol. The molecule has 1 atom stereocenters. The van der Waals surface area contributed by atoms with Crippen molar-refractivity contribution in [1.29, 1.82) is 0 Å². The first kappa shape index (κ1) is 18.4.